The van der Waals surface area contributed by atoms with Gasteiger partial charge in [-0.1, -0.05) is 0 Å². The van der Waals surface area contributed by atoms with Crippen molar-refractivity contribution in [1.82, 2.24) is 30.0 Å². The molecule has 1 aliphatic rings. The number of aromatic amines is 2. The summed E-state index contributed by atoms with van der Waals surface area (Å²) in [5.74, 6) is 0.769. The number of carbonyl (C=O) groups excluding carboxylic acids is 1. The highest BCUT2D eigenvalue weighted by Crippen LogP contribution is 2.29. The van der Waals surface area contributed by atoms with Gasteiger partial charge in [0.15, 0.2) is 17.3 Å². The Labute approximate surface area is 144 Å². The number of nitrogens with zero attached hydrogens (tertiary/aromatic N) is 4. The van der Waals surface area contributed by atoms with Gasteiger partial charge in [-0.15, -0.1) is 0 Å². The lowest BCUT2D eigenvalue weighted by molar-refractivity contribution is 0.0591. The number of H-pyrrole nitrogens is 2. The van der Waals surface area contributed by atoms with Gasteiger partial charge in [0.2, 0.25) is 0 Å². The van der Waals surface area contributed by atoms with Crippen LogP contribution in [0.2, 0.25) is 0 Å². The molecule has 3 heterocycles. The maximum absolute atomic E-state index is 13.0. The van der Waals surface area contributed by atoms with Gasteiger partial charge in [0.1, 0.15) is 6.61 Å². The number of aryl methyl sites for hydroxylation is 2. The second-order valence-electron chi connectivity index (χ2n) is 6.21. The van der Waals surface area contributed by atoms with Crippen molar-refractivity contribution in [2.45, 2.75) is 45.8 Å². The fraction of sp³-hybridized carbons (Fsp3) is 0.562. The number of methoxy groups -OCH3 is 1. The van der Waals surface area contributed by atoms with Crippen molar-refractivity contribution in [1.29, 1.82) is 0 Å². The molecule has 9 nitrogen and oxygen atoms in total. The number of carbonyl (C=O) groups is 1. The minimum atomic E-state index is -0.465. The lowest BCUT2D eigenvalue weighted by atomic mass is 10.0. The normalized spacial score (nSPS) is 17.7. The maximum atomic E-state index is 13.0. The predicted molar refractivity (Wildman–Crippen MR) is 89.1 cm³/mol. The van der Waals surface area contributed by atoms with Gasteiger partial charge in [0, 0.05) is 19.3 Å². The summed E-state index contributed by atoms with van der Waals surface area (Å²) in [4.78, 5) is 38.1. The Bertz CT molecular complexity index is 828. The van der Waals surface area contributed by atoms with E-state index in [9.17, 15) is 9.59 Å². The van der Waals surface area contributed by atoms with Gasteiger partial charge in [-0.05, 0) is 33.1 Å². The molecular weight excluding hydrogens is 324 g/mol. The zero-order chi connectivity index (χ0) is 18.0. The van der Waals surface area contributed by atoms with Gasteiger partial charge in [-0.25, -0.2) is 9.97 Å². The Morgan fingerprint density at radius 2 is 2.12 bits per heavy atom. The highest BCUT2D eigenvalue weighted by molar-refractivity contribution is 5.92. The molecule has 134 valence electrons. The Balaban J connectivity index is 1.91. The first-order valence-electron chi connectivity index (χ1n) is 8.30. The summed E-state index contributed by atoms with van der Waals surface area (Å²) in [5.41, 5.74) is 0.752. The molecule has 1 saturated heterocycles. The Hall–Kier alpha value is -2.55. The molecular formula is C16H22N6O3. The molecule has 2 aromatic heterocycles. The molecule has 0 spiro atoms. The zero-order valence-corrected chi connectivity index (χ0v) is 14.6. The first-order chi connectivity index (χ1) is 12.0. The van der Waals surface area contributed by atoms with Crippen LogP contribution >= 0.6 is 0 Å². The van der Waals surface area contributed by atoms with Crippen molar-refractivity contribution < 1.29 is 9.53 Å². The minimum absolute atomic E-state index is 0.0809. The van der Waals surface area contributed by atoms with E-state index in [1.165, 1.54) is 0 Å². The van der Waals surface area contributed by atoms with Gasteiger partial charge in [-0.2, -0.15) is 5.10 Å². The molecule has 0 aliphatic carbocycles. The number of hydrogen-bond acceptors (Lipinski definition) is 6. The van der Waals surface area contributed by atoms with E-state index >= 15 is 0 Å². The van der Waals surface area contributed by atoms with Crippen molar-refractivity contribution in [3.8, 4) is 0 Å². The van der Waals surface area contributed by atoms with Gasteiger partial charge in [0.25, 0.3) is 11.5 Å². The van der Waals surface area contributed by atoms with Gasteiger partial charge in [-0.3, -0.25) is 14.7 Å². The number of aromatic nitrogens is 5. The van der Waals surface area contributed by atoms with E-state index in [0.29, 0.717) is 36.2 Å². The van der Waals surface area contributed by atoms with E-state index in [1.807, 2.05) is 0 Å². The molecule has 25 heavy (non-hydrogen) atoms. The quantitative estimate of drug-likeness (QED) is 0.853. The van der Waals surface area contributed by atoms with Crippen LogP contribution in [0.25, 0.3) is 0 Å². The molecule has 0 aromatic carbocycles. The molecule has 1 amide bonds. The molecule has 0 radical (unpaired) electrons. The van der Waals surface area contributed by atoms with Gasteiger partial charge >= 0.3 is 0 Å². The van der Waals surface area contributed by atoms with Crippen LogP contribution in [-0.2, 0) is 11.3 Å². The summed E-state index contributed by atoms with van der Waals surface area (Å²) >= 11 is 0. The average Bonchev–Trinajstić information content (AvgIpc) is 3.06. The SMILES string of the molecule is COCc1nc(C2CCCCN2C(=O)c2nc(C)c(C)[nH]c2=O)n[nH]1. The lowest BCUT2D eigenvalue weighted by Gasteiger charge is -2.33. The van der Waals surface area contributed by atoms with Crippen molar-refractivity contribution in [3.05, 3.63) is 39.1 Å². The van der Waals surface area contributed by atoms with Crippen LogP contribution in [-0.4, -0.2) is 49.6 Å². The average molecular weight is 346 g/mol. The Kier molecular flexibility index (Phi) is 4.93. The predicted octanol–water partition coefficient (Wildman–Crippen LogP) is 1.02. The first-order valence-corrected chi connectivity index (χ1v) is 8.30. The summed E-state index contributed by atoms with van der Waals surface area (Å²) in [6.07, 6.45) is 2.60. The van der Waals surface area contributed by atoms with E-state index in [4.69, 9.17) is 4.74 Å². The zero-order valence-electron chi connectivity index (χ0n) is 14.6. The van der Waals surface area contributed by atoms with Crippen molar-refractivity contribution in [2.24, 2.45) is 0 Å². The molecule has 1 fully saturated rings. The van der Waals surface area contributed by atoms with Crippen LogP contribution in [0.15, 0.2) is 4.79 Å². The van der Waals surface area contributed by atoms with E-state index in [2.05, 4.69) is 25.1 Å². The minimum Gasteiger partial charge on any atom is -0.377 e. The molecule has 2 N–H and O–H groups in total. The van der Waals surface area contributed by atoms with Crippen molar-refractivity contribution in [3.63, 3.8) is 0 Å². The third kappa shape index (κ3) is 3.46. The Morgan fingerprint density at radius 1 is 1.32 bits per heavy atom. The van der Waals surface area contributed by atoms with Gasteiger partial charge < -0.3 is 14.6 Å². The molecule has 1 unspecified atom stereocenters. The summed E-state index contributed by atoms with van der Waals surface area (Å²) in [6, 6.07) is -0.272. The molecule has 3 rings (SSSR count). The number of likely N-dealkylation sites (tertiary alicyclic amines) is 1. The fourth-order valence-electron chi connectivity index (χ4n) is 3.01. The van der Waals surface area contributed by atoms with E-state index in [0.717, 1.165) is 19.3 Å². The van der Waals surface area contributed by atoms with E-state index in [-0.39, 0.29) is 17.6 Å². The van der Waals surface area contributed by atoms with Crippen molar-refractivity contribution in [2.75, 3.05) is 13.7 Å². The van der Waals surface area contributed by atoms with Crippen LogP contribution in [0.1, 0.15) is 58.8 Å². The van der Waals surface area contributed by atoms with Crippen LogP contribution in [0.5, 0.6) is 0 Å². The topological polar surface area (TPSA) is 117 Å². The summed E-state index contributed by atoms with van der Waals surface area (Å²) in [5, 5.41) is 7.05. The van der Waals surface area contributed by atoms with Crippen LogP contribution in [0.3, 0.4) is 0 Å². The molecule has 0 bridgehead atoms. The number of hydrogen-bond donors (Lipinski definition) is 2. The molecule has 1 atom stereocenters. The molecule has 2 aromatic rings. The molecule has 1 aliphatic heterocycles. The highest BCUT2D eigenvalue weighted by Gasteiger charge is 2.33. The summed E-state index contributed by atoms with van der Waals surface area (Å²) < 4.78 is 5.04. The lowest BCUT2D eigenvalue weighted by Crippen LogP contribution is -2.42. The number of nitrogens with one attached hydrogen (secondary N) is 2. The van der Waals surface area contributed by atoms with Crippen LogP contribution in [0.4, 0.5) is 0 Å². The largest absolute Gasteiger partial charge is 0.377 e. The smallest absolute Gasteiger partial charge is 0.279 e. The second-order valence-corrected chi connectivity index (χ2v) is 6.21. The van der Waals surface area contributed by atoms with Gasteiger partial charge in [0.05, 0.1) is 11.7 Å². The summed E-state index contributed by atoms with van der Waals surface area (Å²) in [7, 11) is 1.58. The molecule has 9 heteroatoms. The fourth-order valence-corrected chi connectivity index (χ4v) is 3.01. The van der Waals surface area contributed by atoms with Crippen LogP contribution in [0, 0.1) is 13.8 Å². The van der Waals surface area contributed by atoms with E-state index < -0.39 is 5.56 Å². The summed E-state index contributed by atoms with van der Waals surface area (Å²) in [6.45, 7) is 4.40. The maximum Gasteiger partial charge on any atom is 0.279 e. The number of rotatable bonds is 4. The first kappa shape index (κ1) is 17.3. The highest BCUT2D eigenvalue weighted by atomic mass is 16.5. The standard InChI is InChI=1S/C16H22N6O3/c1-9-10(2)18-15(23)13(17-9)16(24)22-7-5-4-6-11(22)14-19-12(8-25-3)20-21-14/h11H,4-8H2,1-3H3,(H,18,23)(H,19,20,21). The number of piperidine rings is 1. The van der Waals surface area contributed by atoms with E-state index in [1.54, 1.807) is 25.9 Å². The monoisotopic (exact) mass is 346 g/mol. The third-order valence-electron chi connectivity index (χ3n) is 4.43. The van der Waals surface area contributed by atoms with Crippen LogP contribution < -0.4 is 5.56 Å². The molecule has 0 saturated carbocycles. The number of ether oxygens (including phenoxy) is 1. The second kappa shape index (κ2) is 7.14. The van der Waals surface area contributed by atoms with Crippen molar-refractivity contribution >= 4 is 5.91 Å². The number of amides is 1. The Morgan fingerprint density at radius 3 is 2.88 bits per heavy atom. The third-order valence-corrected chi connectivity index (χ3v) is 4.43.